The Morgan fingerprint density at radius 1 is 1.20 bits per heavy atom. The first kappa shape index (κ1) is 13.5. The fraction of sp³-hybridized carbons (Fsp3) is 0.294. The van der Waals surface area contributed by atoms with Gasteiger partial charge in [-0.2, -0.15) is 0 Å². The molecule has 104 valence electrons. The summed E-state index contributed by atoms with van der Waals surface area (Å²) in [5, 5.41) is 0.742. The lowest BCUT2D eigenvalue weighted by molar-refractivity contribution is 0.138. The maximum Gasteiger partial charge on any atom is 0.123 e. The van der Waals surface area contributed by atoms with Crippen LogP contribution in [0.5, 0.6) is 5.75 Å². The Morgan fingerprint density at radius 2 is 2.00 bits per heavy atom. The van der Waals surface area contributed by atoms with Crippen molar-refractivity contribution >= 4 is 11.6 Å². The SMILES string of the molecule is CC1(C)Cc2cc(-c3ccc(CN)cc3Cl)ccc2O1. The summed E-state index contributed by atoms with van der Waals surface area (Å²) in [4.78, 5) is 0. The largest absolute Gasteiger partial charge is 0.487 e. The Bertz CT molecular complexity index is 664. The highest BCUT2D eigenvalue weighted by Gasteiger charge is 2.30. The van der Waals surface area contributed by atoms with Crippen LogP contribution in [0.2, 0.25) is 5.02 Å². The predicted molar refractivity (Wildman–Crippen MR) is 83.2 cm³/mol. The molecule has 1 heterocycles. The molecule has 2 N–H and O–H groups in total. The number of hydrogen-bond acceptors (Lipinski definition) is 2. The van der Waals surface area contributed by atoms with Crippen molar-refractivity contribution in [1.82, 2.24) is 0 Å². The average Bonchev–Trinajstić information content (AvgIpc) is 2.71. The molecular weight excluding hydrogens is 270 g/mol. The van der Waals surface area contributed by atoms with Crippen molar-refractivity contribution in [3.8, 4) is 16.9 Å². The van der Waals surface area contributed by atoms with Crippen LogP contribution in [0.25, 0.3) is 11.1 Å². The lowest BCUT2D eigenvalue weighted by atomic mass is 9.97. The predicted octanol–water partition coefficient (Wildman–Crippen LogP) is 4.18. The monoisotopic (exact) mass is 287 g/mol. The Balaban J connectivity index is 2.01. The minimum Gasteiger partial charge on any atom is -0.487 e. The first-order valence-electron chi connectivity index (χ1n) is 6.79. The van der Waals surface area contributed by atoms with Gasteiger partial charge in [0.05, 0.1) is 0 Å². The van der Waals surface area contributed by atoms with Crippen molar-refractivity contribution in [2.45, 2.75) is 32.4 Å². The topological polar surface area (TPSA) is 35.2 Å². The van der Waals surface area contributed by atoms with E-state index in [0.717, 1.165) is 33.9 Å². The zero-order chi connectivity index (χ0) is 14.3. The van der Waals surface area contributed by atoms with E-state index in [9.17, 15) is 0 Å². The van der Waals surface area contributed by atoms with E-state index in [2.05, 4.69) is 26.0 Å². The van der Waals surface area contributed by atoms with Crippen LogP contribution in [0.1, 0.15) is 25.0 Å². The summed E-state index contributed by atoms with van der Waals surface area (Å²) in [5.41, 5.74) is 9.97. The van der Waals surface area contributed by atoms with Crippen molar-refractivity contribution in [3.63, 3.8) is 0 Å². The number of ether oxygens (including phenoxy) is 1. The molecule has 1 aliphatic rings. The highest BCUT2D eigenvalue weighted by Crippen LogP contribution is 2.38. The van der Waals surface area contributed by atoms with E-state index in [4.69, 9.17) is 22.1 Å². The molecule has 0 saturated carbocycles. The minimum absolute atomic E-state index is 0.117. The third kappa shape index (κ3) is 2.41. The second-order valence-electron chi connectivity index (χ2n) is 5.88. The van der Waals surface area contributed by atoms with Gasteiger partial charge in [-0.1, -0.05) is 29.8 Å². The van der Waals surface area contributed by atoms with E-state index in [1.807, 2.05) is 24.3 Å². The fourth-order valence-electron chi connectivity index (χ4n) is 2.70. The lowest BCUT2D eigenvalue weighted by Gasteiger charge is -2.16. The number of rotatable bonds is 2. The summed E-state index contributed by atoms with van der Waals surface area (Å²) in [5.74, 6) is 0.980. The van der Waals surface area contributed by atoms with Gasteiger partial charge in [0.1, 0.15) is 11.4 Å². The molecule has 0 bridgehead atoms. The highest BCUT2D eigenvalue weighted by molar-refractivity contribution is 6.33. The summed E-state index contributed by atoms with van der Waals surface area (Å²) in [6.07, 6.45) is 0.925. The summed E-state index contributed by atoms with van der Waals surface area (Å²) < 4.78 is 5.90. The van der Waals surface area contributed by atoms with Crippen molar-refractivity contribution in [2.24, 2.45) is 5.73 Å². The molecule has 0 amide bonds. The van der Waals surface area contributed by atoms with Gasteiger partial charge >= 0.3 is 0 Å². The molecule has 0 aliphatic carbocycles. The van der Waals surface area contributed by atoms with Crippen LogP contribution in [0, 0.1) is 0 Å². The average molecular weight is 288 g/mol. The third-order valence-electron chi connectivity index (χ3n) is 3.64. The standard InChI is InChI=1S/C17H18ClNO/c1-17(2)9-13-8-12(4-6-16(13)20-17)14-5-3-11(10-19)7-15(14)18/h3-8H,9-10,19H2,1-2H3. The Morgan fingerprint density at radius 3 is 2.70 bits per heavy atom. The number of benzene rings is 2. The Kier molecular flexibility index (Phi) is 3.23. The number of fused-ring (bicyclic) bond motifs is 1. The van der Waals surface area contributed by atoms with Crippen LogP contribution >= 0.6 is 11.6 Å². The molecule has 2 aromatic rings. The van der Waals surface area contributed by atoms with Gasteiger partial charge in [0.15, 0.2) is 0 Å². The van der Waals surface area contributed by atoms with Gasteiger partial charge < -0.3 is 10.5 Å². The molecule has 2 nitrogen and oxygen atoms in total. The van der Waals surface area contributed by atoms with Gasteiger partial charge in [-0.3, -0.25) is 0 Å². The lowest BCUT2D eigenvalue weighted by Crippen LogP contribution is -2.24. The second-order valence-corrected chi connectivity index (χ2v) is 6.29. The van der Waals surface area contributed by atoms with Gasteiger partial charge in [0.2, 0.25) is 0 Å². The number of hydrogen-bond donors (Lipinski definition) is 1. The number of halogens is 1. The van der Waals surface area contributed by atoms with Crippen LogP contribution in [-0.2, 0) is 13.0 Å². The fourth-order valence-corrected chi connectivity index (χ4v) is 3.01. The molecule has 2 aromatic carbocycles. The van der Waals surface area contributed by atoms with E-state index in [1.165, 1.54) is 5.56 Å². The van der Waals surface area contributed by atoms with Gasteiger partial charge in [-0.15, -0.1) is 0 Å². The van der Waals surface area contributed by atoms with Crippen molar-refractivity contribution < 1.29 is 4.74 Å². The number of nitrogens with two attached hydrogens (primary N) is 1. The summed E-state index contributed by atoms with van der Waals surface area (Å²) in [6, 6.07) is 12.3. The highest BCUT2D eigenvalue weighted by atomic mass is 35.5. The molecule has 0 atom stereocenters. The van der Waals surface area contributed by atoms with Gasteiger partial charge in [0.25, 0.3) is 0 Å². The molecular formula is C17H18ClNO. The molecule has 3 heteroatoms. The van der Waals surface area contributed by atoms with E-state index in [1.54, 1.807) is 0 Å². The van der Waals surface area contributed by atoms with Gasteiger partial charge in [0, 0.05) is 23.6 Å². The van der Waals surface area contributed by atoms with E-state index >= 15 is 0 Å². The van der Waals surface area contributed by atoms with E-state index in [0.29, 0.717) is 6.54 Å². The molecule has 0 saturated heterocycles. The van der Waals surface area contributed by atoms with Crippen LogP contribution in [0.4, 0.5) is 0 Å². The van der Waals surface area contributed by atoms with Crippen molar-refractivity contribution in [1.29, 1.82) is 0 Å². The van der Waals surface area contributed by atoms with Crippen LogP contribution in [-0.4, -0.2) is 5.60 Å². The first-order valence-corrected chi connectivity index (χ1v) is 7.17. The third-order valence-corrected chi connectivity index (χ3v) is 3.96. The maximum absolute atomic E-state index is 6.36. The van der Waals surface area contributed by atoms with E-state index in [-0.39, 0.29) is 5.60 Å². The molecule has 1 aliphatic heterocycles. The van der Waals surface area contributed by atoms with Crippen molar-refractivity contribution in [3.05, 3.63) is 52.5 Å². The smallest absolute Gasteiger partial charge is 0.123 e. The summed E-state index contributed by atoms with van der Waals surface area (Å²) in [6.45, 7) is 4.72. The normalized spacial score (nSPS) is 15.8. The zero-order valence-corrected chi connectivity index (χ0v) is 12.5. The molecule has 0 spiro atoms. The van der Waals surface area contributed by atoms with Gasteiger partial charge in [-0.05, 0) is 48.7 Å². The molecule has 20 heavy (non-hydrogen) atoms. The zero-order valence-electron chi connectivity index (χ0n) is 11.7. The molecule has 0 fully saturated rings. The first-order chi connectivity index (χ1) is 9.48. The second kappa shape index (κ2) is 4.80. The van der Waals surface area contributed by atoms with E-state index < -0.39 is 0 Å². The van der Waals surface area contributed by atoms with Crippen LogP contribution in [0.3, 0.4) is 0 Å². The quantitative estimate of drug-likeness (QED) is 0.899. The van der Waals surface area contributed by atoms with Crippen LogP contribution < -0.4 is 10.5 Å². The molecule has 0 aromatic heterocycles. The Labute approximate surface area is 124 Å². The minimum atomic E-state index is -0.117. The van der Waals surface area contributed by atoms with Crippen molar-refractivity contribution in [2.75, 3.05) is 0 Å². The summed E-state index contributed by atoms with van der Waals surface area (Å²) >= 11 is 6.36. The molecule has 0 unspecified atom stereocenters. The molecule has 0 radical (unpaired) electrons. The van der Waals surface area contributed by atoms with Gasteiger partial charge in [-0.25, -0.2) is 0 Å². The van der Waals surface area contributed by atoms with Crippen LogP contribution in [0.15, 0.2) is 36.4 Å². The summed E-state index contributed by atoms with van der Waals surface area (Å²) in [7, 11) is 0. The maximum atomic E-state index is 6.36. The molecule has 3 rings (SSSR count). The Hall–Kier alpha value is -1.51.